The number of likely N-dealkylation sites (tertiary alicyclic amines) is 2. The predicted octanol–water partition coefficient (Wildman–Crippen LogP) is 2.54. The Morgan fingerprint density at radius 3 is 1.51 bits per heavy atom. The van der Waals surface area contributed by atoms with E-state index in [4.69, 9.17) is 9.97 Å². The monoisotopic (exact) mass is 1190 g/mol. The van der Waals surface area contributed by atoms with Crippen LogP contribution in [0.3, 0.4) is 0 Å². The molecule has 8 heterocycles. The number of aromatic nitrogens is 6. The Bertz CT molecular complexity index is 2730. The van der Waals surface area contributed by atoms with Gasteiger partial charge in [-0.3, -0.25) is 0 Å². The van der Waals surface area contributed by atoms with Crippen molar-refractivity contribution in [3.05, 3.63) is 109 Å². The summed E-state index contributed by atoms with van der Waals surface area (Å²) in [5.74, 6) is 1.80. The van der Waals surface area contributed by atoms with Gasteiger partial charge in [0.2, 0.25) is 0 Å². The molecule has 6 aromatic rings. The van der Waals surface area contributed by atoms with Gasteiger partial charge < -0.3 is 56.7 Å². The number of aliphatic hydroxyl groups is 2. The molecule has 4 aromatic heterocycles. The van der Waals surface area contributed by atoms with E-state index in [2.05, 4.69) is 103 Å². The molecular weight excluding hydrogens is 1110 g/mol. The predicted molar refractivity (Wildman–Crippen MR) is 277 cm³/mol. The van der Waals surface area contributed by atoms with Gasteiger partial charge in [0.15, 0.2) is 5.65 Å². The van der Waals surface area contributed by atoms with Crippen LogP contribution in [-0.2, 0) is 0 Å². The minimum absolute atomic E-state index is 0. The van der Waals surface area contributed by atoms with E-state index >= 15 is 0 Å². The fourth-order valence-electron chi connectivity index (χ4n) is 9.77. The zero-order valence-corrected chi connectivity index (χ0v) is 47.8. The molecule has 0 spiro atoms. The van der Waals surface area contributed by atoms with Gasteiger partial charge in [-0.1, -0.05) is 38.6 Å². The van der Waals surface area contributed by atoms with E-state index in [1.54, 1.807) is 34.8 Å². The molecule has 0 unspecified atom stereocenters. The van der Waals surface area contributed by atoms with Gasteiger partial charge in [0.1, 0.15) is 11.5 Å². The molecule has 374 valence electrons. The van der Waals surface area contributed by atoms with Crippen LogP contribution in [0.4, 0.5) is 32.6 Å². The number of β-amino-alcohol motifs (C(OH)–C–C–N with tert-alkyl or cyclic N) is 2. The van der Waals surface area contributed by atoms with Crippen LogP contribution in [0.1, 0.15) is 93.3 Å². The summed E-state index contributed by atoms with van der Waals surface area (Å²) in [5.41, 5.74) is 9.09. The maximum absolute atomic E-state index is 12.7. The Balaban J connectivity index is 0.000000285. The molecule has 4 fully saturated rings. The van der Waals surface area contributed by atoms with Gasteiger partial charge in [0.05, 0.1) is 24.4 Å². The molecule has 4 aliphatic heterocycles. The molecule has 4 atom stereocenters. The van der Waals surface area contributed by atoms with Crippen molar-refractivity contribution < 1.29 is 73.3 Å². The Morgan fingerprint density at radius 1 is 0.643 bits per heavy atom. The van der Waals surface area contributed by atoms with Gasteiger partial charge in [-0.2, -0.15) is 5.10 Å². The van der Waals surface area contributed by atoms with E-state index in [-0.39, 0.29) is 87.9 Å². The topological polar surface area (TPSA) is 172 Å². The van der Waals surface area contributed by atoms with Crippen molar-refractivity contribution >= 4 is 68.3 Å². The van der Waals surface area contributed by atoms with Crippen LogP contribution in [-0.4, -0.2) is 131 Å². The number of fused-ring (bicyclic) bond motifs is 2. The first-order valence-corrected chi connectivity index (χ1v) is 33.1. The number of nitrogens with zero attached hydrogens (tertiary/aromatic N) is 10. The van der Waals surface area contributed by atoms with Crippen molar-refractivity contribution in [1.82, 2.24) is 39.0 Å². The minimum Gasteiger partial charge on any atom is -1.00 e. The number of aliphatic hydroxyl groups excluding tert-OH is 2. The van der Waals surface area contributed by atoms with Crippen molar-refractivity contribution in [2.75, 3.05) is 59.7 Å². The number of rotatable bonds is 7. The average molecular weight is 1190 g/mol. The summed E-state index contributed by atoms with van der Waals surface area (Å²) in [6, 6.07) is 17.9. The van der Waals surface area contributed by atoms with Crippen LogP contribution in [0, 0.1) is 28.2 Å². The average Bonchev–Trinajstić information content (AvgIpc) is 4.15. The Kier molecular flexibility index (Phi) is 20.8. The minimum atomic E-state index is -2.18. The molecule has 70 heavy (non-hydrogen) atoms. The number of hydrogen-bond acceptors (Lipinski definition) is 10. The third-order valence-corrected chi connectivity index (χ3v) is 19.3. The van der Waals surface area contributed by atoms with Gasteiger partial charge in [0, 0.05) is 38.9 Å². The molecule has 4 amide bonds. The van der Waals surface area contributed by atoms with Crippen molar-refractivity contribution in [1.29, 1.82) is 0 Å². The molecule has 2 aromatic carbocycles. The maximum Gasteiger partial charge on any atom is 1.00 e. The van der Waals surface area contributed by atoms with Crippen LogP contribution in [0.25, 0.3) is 11.3 Å². The Labute approximate surface area is 458 Å². The number of carbonyl (C=O) groups excluding carboxylic acids is 2. The van der Waals surface area contributed by atoms with E-state index in [9.17, 15) is 19.8 Å². The first kappa shape index (κ1) is 58.8. The zero-order valence-electron chi connectivity index (χ0n) is 40.8. The second kappa shape index (κ2) is 24.8. The number of amides is 4. The van der Waals surface area contributed by atoms with Gasteiger partial charge in [-0.05, 0) is 56.7 Å². The van der Waals surface area contributed by atoms with Crippen LogP contribution in [0.5, 0.6) is 0 Å². The fraction of sp³-hybridized carbons (Fsp3) is 0.471. The van der Waals surface area contributed by atoms with Gasteiger partial charge in [0.25, 0.3) is 0 Å². The SMILES string of the molecule is C.C.Cc1cc[c]([Sn]([CH3])([CH3])[CH3])cc1[C@H]1CCCN1c1ccn2ncc(NC(=O)N3CC[C@H](O)C3)c2n1.Cc1ccc(C)c([C@H]2CCCN2c2ccn3ncc(NC(=O)N4CC[C@H](O)C4)c3n2)c1.[CH3-].[I-].[Na+]. The standard InChI is InChI=1S/C23H28N6O2.C22H25N6O2.2CH4.4CH3.HI.Na.Sn/c1-15-5-6-16(2)18(12-15)20-4-3-9-28(20)21-8-11-29-22(26-21)19(13-24-29)25-23(31)27-10-7-17(30)14-27;1-15-5-2-3-6-17(15)19-7-4-10-27(19)20-9-12-28-21(25-20)18(13-23-28)24-22(30)26-11-8-16(29)14-26;;;;;;;;;/h5-6,8,11-13,17,20,30H,3-4,7,9-10,14H2,1-2H3,(H,25,31);2,5-6,9,12-13,16,19,29H,4,7-8,10-11,14H2,1H3,(H,24,30);2*1H4;4*1H3;1H;;/q;;;;;;;-1;;+1;/p-1/t17-,20+;16-,19+;;;;;;;;;/m00........./s1. The first-order chi connectivity index (χ1) is 31.2. The summed E-state index contributed by atoms with van der Waals surface area (Å²) in [6.07, 6.45) is 11.8. The number of halogens is 1. The zero-order chi connectivity index (χ0) is 45.6. The van der Waals surface area contributed by atoms with Crippen molar-refractivity contribution in [3.63, 3.8) is 0 Å². The molecule has 4 aliphatic rings. The van der Waals surface area contributed by atoms with E-state index in [1.807, 2.05) is 24.5 Å². The molecule has 0 radical (unpaired) electrons. The number of hydrogen-bond donors (Lipinski definition) is 4. The number of carbonyl (C=O) groups is 2. The molecular formula is C51H73IN12NaO4Sn-. The summed E-state index contributed by atoms with van der Waals surface area (Å²) in [4.78, 5) is 50.5. The summed E-state index contributed by atoms with van der Waals surface area (Å²) in [6.45, 7) is 10.2. The summed E-state index contributed by atoms with van der Waals surface area (Å²) < 4.78 is 4.93. The smallest absolute Gasteiger partial charge is 1.00 e. The Morgan fingerprint density at radius 2 is 1.09 bits per heavy atom. The van der Waals surface area contributed by atoms with Gasteiger partial charge in [-0.25, -0.2) is 14.3 Å². The van der Waals surface area contributed by atoms with Gasteiger partial charge in [-0.15, -0.1) is 0 Å². The fourth-order valence-corrected chi connectivity index (χ4v) is 13.1. The van der Waals surface area contributed by atoms with Crippen molar-refractivity contribution in [2.24, 2.45) is 0 Å². The van der Waals surface area contributed by atoms with Gasteiger partial charge >= 0.3 is 210 Å². The van der Waals surface area contributed by atoms with E-state index < -0.39 is 30.6 Å². The van der Waals surface area contributed by atoms with Crippen molar-refractivity contribution in [2.45, 2.75) is 113 Å². The molecule has 4 N–H and O–H groups in total. The van der Waals surface area contributed by atoms with Crippen molar-refractivity contribution in [3.8, 4) is 0 Å². The second-order valence-corrected chi connectivity index (χ2v) is 33.7. The number of urea groups is 2. The summed E-state index contributed by atoms with van der Waals surface area (Å²) in [5, 5.41) is 34.0. The number of benzene rings is 2. The van der Waals surface area contributed by atoms with Crippen LogP contribution in [0.15, 0.2) is 73.3 Å². The molecule has 4 saturated heterocycles. The Hall–Kier alpha value is -3.73. The first-order valence-electron chi connectivity index (χ1n) is 23.1. The summed E-state index contributed by atoms with van der Waals surface area (Å²) >= 11 is -2.18. The number of anilines is 4. The van der Waals surface area contributed by atoms with E-state index in [0.29, 0.717) is 73.8 Å². The largest absolute Gasteiger partial charge is 1.00 e. The molecule has 0 saturated carbocycles. The summed E-state index contributed by atoms with van der Waals surface area (Å²) in [7, 11) is 0. The second-order valence-electron chi connectivity index (χ2n) is 19.2. The van der Waals surface area contributed by atoms with E-state index in [0.717, 1.165) is 50.4 Å². The molecule has 19 heteroatoms. The maximum atomic E-state index is 12.7. The van der Waals surface area contributed by atoms with Crippen LogP contribution in [0.2, 0.25) is 14.8 Å². The normalized spacial score (nSPS) is 19.6. The molecule has 10 rings (SSSR count). The molecule has 16 nitrogen and oxygen atoms in total. The molecule has 0 aliphatic carbocycles. The third-order valence-electron chi connectivity index (χ3n) is 13.5. The number of nitrogens with one attached hydrogen (secondary N) is 2. The number of aryl methyl sites for hydroxylation is 3. The molecule has 0 bridgehead atoms. The van der Waals surface area contributed by atoms with Crippen LogP contribution >= 0.6 is 0 Å². The van der Waals surface area contributed by atoms with E-state index in [1.165, 1.54) is 27.8 Å². The third kappa shape index (κ3) is 12.7. The van der Waals surface area contributed by atoms with Crippen LogP contribution < -0.4 is 77.5 Å². The quantitative estimate of drug-likeness (QED) is 0.106.